The second kappa shape index (κ2) is 6.54. The van der Waals surface area contributed by atoms with Crippen LogP contribution in [0, 0.1) is 0 Å². The first-order chi connectivity index (χ1) is 9.20. The van der Waals surface area contributed by atoms with Crippen LogP contribution in [-0.4, -0.2) is 17.1 Å². The number of nitrogens with two attached hydrogens (primary N) is 1. The first-order valence-corrected chi connectivity index (χ1v) is 7.00. The average Bonchev–Trinajstić information content (AvgIpc) is 2.45. The molecule has 0 aliphatic carbocycles. The number of ether oxygens (including phenoxy) is 1. The quantitative estimate of drug-likeness (QED) is 0.850. The molecule has 1 aromatic heterocycles. The molecule has 0 aliphatic rings. The van der Waals surface area contributed by atoms with Crippen molar-refractivity contribution in [1.82, 2.24) is 9.97 Å². The zero-order chi connectivity index (χ0) is 13.7. The van der Waals surface area contributed by atoms with Crippen LogP contribution in [0.1, 0.15) is 24.1 Å². The highest BCUT2D eigenvalue weighted by Crippen LogP contribution is 2.28. The lowest BCUT2D eigenvalue weighted by atomic mass is 10.1. The van der Waals surface area contributed by atoms with Crippen LogP contribution < -0.4 is 10.5 Å². The van der Waals surface area contributed by atoms with E-state index in [-0.39, 0.29) is 6.04 Å². The summed E-state index contributed by atoms with van der Waals surface area (Å²) in [7, 11) is 1.68. The van der Waals surface area contributed by atoms with Gasteiger partial charge in [-0.25, -0.2) is 4.98 Å². The van der Waals surface area contributed by atoms with E-state index in [1.54, 1.807) is 37.5 Å². The number of aromatic nitrogens is 2. The van der Waals surface area contributed by atoms with Crippen molar-refractivity contribution in [2.75, 3.05) is 7.11 Å². The van der Waals surface area contributed by atoms with Gasteiger partial charge in [0.1, 0.15) is 10.8 Å². The number of nitrogens with zero attached hydrogens (tertiary/aromatic N) is 2. The van der Waals surface area contributed by atoms with Crippen LogP contribution in [-0.2, 0) is 5.75 Å². The normalized spacial score (nSPS) is 12.2. The Morgan fingerprint density at radius 3 is 2.84 bits per heavy atom. The number of methoxy groups -OCH3 is 1. The SMILES string of the molecule is COc1ccc(C(C)N)cc1CSc1cnccn1. The Hall–Kier alpha value is -1.59. The summed E-state index contributed by atoms with van der Waals surface area (Å²) < 4.78 is 5.38. The molecule has 100 valence electrons. The van der Waals surface area contributed by atoms with E-state index in [0.717, 1.165) is 27.7 Å². The van der Waals surface area contributed by atoms with Crippen molar-refractivity contribution in [3.05, 3.63) is 47.9 Å². The first-order valence-electron chi connectivity index (χ1n) is 6.02. The number of thioether (sulfide) groups is 1. The van der Waals surface area contributed by atoms with Crippen molar-refractivity contribution in [2.45, 2.75) is 23.7 Å². The Bertz CT molecular complexity index is 531. The van der Waals surface area contributed by atoms with Crippen LogP contribution in [0.4, 0.5) is 0 Å². The van der Waals surface area contributed by atoms with E-state index < -0.39 is 0 Å². The Morgan fingerprint density at radius 2 is 2.21 bits per heavy atom. The van der Waals surface area contributed by atoms with Crippen LogP contribution >= 0.6 is 11.8 Å². The van der Waals surface area contributed by atoms with Gasteiger partial charge < -0.3 is 10.5 Å². The standard InChI is InChI=1S/C14H17N3OS/c1-10(15)11-3-4-13(18-2)12(7-11)9-19-14-8-16-5-6-17-14/h3-8,10H,9,15H2,1-2H3. The minimum absolute atomic E-state index is 0.0196. The lowest BCUT2D eigenvalue weighted by Crippen LogP contribution is -2.05. The molecule has 2 aromatic rings. The Labute approximate surface area is 117 Å². The van der Waals surface area contributed by atoms with Gasteiger partial charge in [0, 0.05) is 29.8 Å². The molecular weight excluding hydrogens is 258 g/mol. The molecule has 0 bridgehead atoms. The van der Waals surface area contributed by atoms with E-state index in [9.17, 15) is 0 Å². The van der Waals surface area contributed by atoms with Crippen LogP contribution in [0.2, 0.25) is 0 Å². The molecule has 1 atom stereocenters. The van der Waals surface area contributed by atoms with Crippen LogP contribution in [0.5, 0.6) is 5.75 Å². The first kappa shape index (κ1) is 13.8. The molecule has 2 rings (SSSR count). The second-order valence-corrected chi connectivity index (χ2v) is 5.19. The van der Waals surface area contributed by atoms with Gasteiger partial charge in [0.05, 0.1) is 13.3 Å². The zero-order valence-electron chi connectivity index (χ0n) is 11.0. The largest absolute Gasteiger partial charge is 0.496 e. The van der Waals surface area contributed by atoms with Gasteiger partial charge in [-0.3, -0.25) is 4.98 Å². The van der Waals surface area contributed by atoms with Gasteiger partial charge in [-0.15, -0.1) is 0 Å². The summed E-state index contributed by atoms with van der Waals surface area (Å²) in [6, 6.07) is 6.07. The minimum Gasteiger partial charge on any atom is -0.496 e. The molecule has 19 heavy (non-hydrogen) atoms. The number of hydrogen-bond donors (Lipinski definition) is 1. The highest BCUT2D eigenvalue weighted by molar-refractivity contribution is 7.98. The Morgan fingerprint density at radius 1 is 1.37 bits per heavy atom. The molecule has 0 radical (unpaired) electrons. The fourth-order valence-electron chi connectivity index (χ4n) is 1.71. The summed E-state index contributed by atoms with van der Waals surface area (Å²) >= 11 is 1.63. The van der Waals surface area contributed by atoms with Crippen molar-refractivity contribution in [3.8, 4) is 5.75 Å². The Balaban J connectivity index is 2.16. The van der Waals surface area contributed by atoms with Crippen molar-refractivity contribution in [1.29, 1.82) is 0 Å². The molecule has 0 fully saturated rings. The maximum Gasteiger partial charge on any atom is 0.122 e. The summed E-state index contributed by atoms with van der Waals surface area (Å²) in [6.07, 6.45) is 5.12. The summed E-state index contributed by atoms with van der Waals surface area (Å²) in [5.74, 6) is 1.66. The van der Waals surface area contributed by atoms with E-state index >= 15 is 0 Å². The number of hydrogen-bond acceptors (Lipinski definition) is 5. The van der Waals surface area contributed by atoms with Crippen molar-refractivity contribution >= 4 is 11.8 Å². The third-order valence-electron chi connectivity index (χ3n) is 2.75. The predicted octanol–water partition coefficient (Wildman–Crippen LogP) is 2.80. The molecule has 4 nitrogen and oxygen atoms in total. The lowest BCUT2D eigenvalue weighted by Gasteiger charge is -2.12. The van der Waals surface area contributed by atoms with E-state index in [1.165, 1.54) is 0 Å². The van der Waals surface area contributed by atoms with Crippen LogP contribution in [0.25, 0.3) is 0 Å². The molecule has 0 amide bonds. The third kappa shape index (κ3) is 3.68. The average molecular weight is 275 g/mol. The van der Waals surface area contributed by atoms with Gasteiger partial charge in [-0.05, 0) is 24.6 Å². The highest BCUT2D eigenvalue weighted by atomic mass is 32.2. The lowest BCUT2D eigenvalue weighted by molar-refractivity contribution is 0.411. The van der Waals surface area contributed by atoms with E-state index in [1.807, 2.05) is 19.1 Å². The van der Waals surface area contributed by atoms with Crippen molar-refractivity contribution < 1.29 is 4.74 Å². The smallest absolute Gasteiger partial charge is 0.122 e. The monoisotopic (exact) mass is 275 g/mol. The fourth-order valence-corrected chi connectivity index (χ4v) is 2.51. The van der Waals surface area contributed by atoms with Crippen molar-refractivity contribution in [3.63, 3.8) is 0 Å². The fraction of sp³-hybridized carbons (Fsp3) is 0.286. The Kier molecular flexibility index (Phi) is 4.76. The highest BCUT2D eigenvalue weighted by Gasteiger charge is 2.08. The molecule has 1 heterocycles. The third-order valence-corrected chi connectivity index (χ3v) is 3.71. The topological polar surface area (TPSA) is 61.0 Å². The van der Waals surface area contributed by atoms with E-state index in [2.05, 4.69) is 16.0 Å². The maximum absolute atomic E-state index is 5.91. The summed E-state index contributed by atoms with van der Waals surface area (Å²) in [5, 5.41) is 0.899. The van der Waals surface area contributed by atoms with Crippen LogP contribution in [0.3, 0.4) is 0 Å². The number of benzene rings is 1. The molecule has 1 unspecified atom stereocenters. The molecule has 1 aromatic carbocycles. The molecule has 0 saturated heterocycles. The second-order valence-electron chi connectivity index (χ2n) is 4.19. The molecule has 0 aliphatic heterocycles. The van der Waals surface area contributed by atoms with Gasteiger partial charge >= 0.3 is 0 Å². The van der Waals surface area contributed by atoms with Gasteiger partial charge in [-0.2, -0.15) is 0 Å². The minimum atomic E-state index is 0.0196. The maximum atomic E-state index is 5.91. The zero-order valence-corrected chi connectivity index (χ0v) is 11.9. The predicted molar refractivity (Wildman–Crippen MR) is 77.2 cm³/mol. The summed E-state index contributed by atoms with van der Waals surface area (Å²) in [6.45, 7) is 1.97. The van der Waals surface area contributed by atoms with Gasteiger partial charge in [0.15, 0.2) is 0 Å². The molecule has 5 heteroatoms. The summed E-state index contributed by atoms with van der Waals surface area (Å²) in [5.41, 5.74) is 8.14. The van der Waals surface area contributed by atoms with E-state index in [0.29, 0.717) is 0 Å². The molecule has 0 spiro atoms. The van der Waals surface area contributed by atoms with Gasteiger partial charge in [-0.1, -0.05) is 17.8 Å². The molecule has 0 saturated carbocycles. The summed E-state index contributed by atoms with van der Waals surface area (Å²) in [4.78, 5) is 8.29. The van der Waals surface area contributed by atoms with E-state index in [4.69, 9.17) is 10.5 Å². The van der Waals surface area contributed by atoms with Gasteiger partial charge in [0.25, 0.3) is 0 Å². The molecular formula is C14H17N3OS. The van der Waals surface area contributed by atoms with Crippen molar-refractivity contribution in [2.24, 2.45) is 5.73 Å². The number of rotatable bonds is 5. The van der Waals surface area contributed by atoms with Crippen LogP contribution in [0.15, 0.2) is 41.8 Å². The molecule has 2 N–H and O–H groups in total. The van der Waals surface area contributed by atoms with Gasteiger partial charge in [0.2, 0.25) is 0 Å².